The van der Waals surface area contributed by atoms with Gasteiger partial charge in [0, 0.05) is 23.0 Å². The highest BCUT2D eigenvalue weighted by Gasteiger charge is 2.47. The van der Waals surface area contributed by atoms with Gasteiger partial charge in [-0.2, -0.15) is 9.36 Å². The van der Waals surface area contributed by atoms with E-state index >= 15 is 0 Å². The number of carbonyl (C=O) groups is 1. The Kier molecular flexibility index (Phi) is 3.68. The Morgan fingerprint density at radius 2 is 1.73 bits per heavy atom. The fraction of sp³-hybridized carbons (Fsp3) is 0.190. The summed E-state index contributed by atoms with van der Waals surface area (Å²) in [6.45, 7) is 0. The van der Waals surface area contributed by atoms with E-state index in [-0.39, 0.29) is 17.9 Å². The van der Waals surface area contributed by atoms with Crippen molar-refractivity contribution < 1.29 is 4.79 Å². The molecule has 0 N–H and O–H groups in total. The number of anilines is 1. The molecule has 3 atom stereocenters. The molecule has 0 aliphatic carbocycles. The van der Waals surface area contributed by atoms with Gasteiger partial charge in [-0.05, 0) is 18.1 Å². The summed E-state index contributed by atoms with van der Waals surface area (Å²) < 4.78 is 4.53. The standard InChI is InChI=1S/C21H17N3OS/c25-19-12-11-17-16(14-7-3-1-4-8-14)13-18(19)24(17)21-22-20(23-26-21)15-9-5-2-6-10-15/h1-12,16-18H,13H2/t16-,17+,18+/m0/s1. The van der Waals surface area contributed by atoms with Crippen LogP contribution in [-0.2, 0) is 4.79 Å². The lowest BCUT2D eigenvalue weighted by atomic mass is 9.92. The predicted molar refractivity (Wildman–Crippen MR) is 103 cm³/mol. The maximum atomic E-state index is 12.5. The number of nitrogens with zero attached hydrogens (tertiary/aromatic N) is 3. The van der Waals surface area contributed by atoms with E-state index in [4.69, 9.17) is 4.98 Å². The van der Waals surface area contributed by atoms with Crippen molar-refractivity contribution in [1.82, 2.24) is 9.36 Å². The van der Waals surface area contributed by atoms with E-state index in [2.05, 4.69) is 33.5 Å². The minimum atomic E-state index is -0.147. The molecule has 1 aromatic heterocycles. The molecule has 5 heteroatoms. The van der Waals surface area contributed by atoms with Crippen molar-refractivity contribution in [3.8, 4) is 11.4 Å². The largest absolute Gasteiger partial charge is 0.329 e. The molecular weight excluding hydrogens is 342 g/mol. The van der Waals surface area contributed by atoms with Gasteiger partial charge in [-0.1, -0.05) is 66.7 Å². The summed E-state index contributed by atoms with van der Waals surface area (Å²) >= 11 is 1.38. The van der Waals surface area contributed by atoms with Crippen molar-refractivity contribution in [2.24, 2.45) is 0 Å². The minimum Gasteiger partial charge on any atom is -0.329 e. The van der Waals surface area contributed by atoms with Gasteiger partial charge in [-0.25, -0.2) is 0 Å². The number of rotatable bonds is 3. The van der Waals surface area contributed by atoms with E-state index in [1.54, 1.807) is 6.08 Å². The topological polar surface area (TPSA) is 46.1 Å². The van der Waals surface area contributed by atoms with Crippen molar-refractivity contribution >= 4 is 22.4 Å². The van der Waals surface area contributed by atoms with Gasteiger partial charge in [-0.15, -0.1) is 0 Å². The first-order valence-electron chi connectivity index (χ1n) is 8.76. The molecule has 5 rings (SSSR count). The maximum Gasteiger partial charge on any atom is 0.206 e. The maximum absolute atomic E-state index is 12.5. The van der Waals surface area contributed by atoms with Gasteiger partial charge in [0.25, 0.3) is 0 Å². The Labute approximate surface area is 156 Å². The first kappa shape index (κ1) is 15.5. The molecule has 2 aliphatic heterocycles. The van der Waals surface area contributed by atoms with Crippen molar-refractivity contribution in [3.63, 3.8) is 0 Å². The van der Waals surface area contributed by atoms with Gasteiger partial charge in [0.2, 0.25) is 5.13 Å². The zero-order valence-corrected chi connectivity index (χ0v) is 14.8. The third kappa shape index (κ3) is 2.47. The summed E-state index contributed by atoms with van der Waals surface area (Å²) in [6.07, 6.45) is 4.60. The second-order valence-corrected chi connectivity index (χ2v) is 7.42. The molecule has 0 amide bonds. The fourth-order valence-electron chi connectivity index (χ4n) is 4.00. The number of aromatic nitrogens is 2. The van der Waals surface area contributed by atoms with E-state index < -0.39 is 0 Å². The van der Waals surface area contributed by atoms with Crippen LogP contribution in [0.15, 0.2) is 72.8 Å². The fourth-order valence-corrected chi connectivity index (χ4v) is 4.78. The molecular formula is C21H17N3OS. The number of fused-ring (bicyclic) bond motifs is 2. The molecule has 2 bridgehead atoms. The van der Waals surface area contributed by atoms with E-state index in [0.717, 1.165) is 22.9 Å². The highest BCUT2D eigenvalue weighted by molar-refractivity contribution is 7.10. The monoisotopic (exact) mass is 359 g/mol. The summed E-state index contributed by atoms with van der Waals surface area (Å²) in [7, 11) is 0. The number of benzene rings is 2. The molecule has 3 heterocycles. The molecule has 1 fully saturated rings. The average molecular weight is 359 g/mol. The highest BCUT2D eigenvalue weighted by Crippen LogP contribution is 2.44. The molecule has 2 aromatic carbocycles. The summed E-state index contributed by atoms with van der Waals surface area (Å²) in [4.78, 5) is 19.4. The van der Waals surface area contributed by atoms with Gasteiger partial charge < -0.3 is 4.90 Å². The smallest absolute Gasteiger partial charge is 0.206 e. The van der Waals surface area contributed by atoms with Gasteiger partial charge in [-0.3, -0.25) is 4.79 Å². The van der Waals surface area contributed by atoms with Gasteiger partial charge in [0.05, 0.1) is 12.1 Å². The minimum absolute atomic E-state index is 0.147. The highest BCUT2D eigenvalue weighted by atomic mass is 32.1. The van der Waals surface area contributed by atoms with Crippen LogP contribution in [0.3, 0.4) is 0 Å². The molecule has 0 radical (unpaired) electrons. The molecule has 128 valence electrons. The normalized spacial score (nSPS) is 24.2. The molecule has 2 aliphatic rings. The van der Waals surface area contributed by atoms with Gasteiger partial charge in [0.1, 0.15) is 0 Å². The van der Waals surface area contributed by atoms with Crippen LogP contribution in [0.1, 0.15) is 17.9 Å². The van der Waals surface area contributed by atoms with Crippen LogP contribution in [0.4, 0.5) is 5.13 Å². The van der Waals surface area contributed by atoms with E-state index in [9.17, 15) is 4.79 Å². The quantitative estimate of drug-likeness (QED) is 0.707. The first-order valence-corrected chi connectivity index (χ1v) is 9.53. The predicted octanol–water partition coefficient (Wildman–Crippen LogP) is 4.08. The SMILES string of the molecule is O=C1C=C[C@@H]2[C@H](c3ccccc3)C[C@H]1N2c1nc(-c2ccccc2)ns1. The molecule has 0 saturated carbocycles. The lowest BCUT2D eigenvalue weighted by Crippen LogP contribution is -2.43. The summed E-state index contributed by atoms with van der Waals surface area (Å²) in [5, 5.41) is 0.829. The lowest BCUT2D eigenvalue weighted by Gasteiger charge is -2.30. The van der Waals surface area contributed by atoms with Crippen molar-refractivity contribution in [2.45, 2.75) is 24.4 Å². The second kappa shape index (κ2) is 6.18. The summed E-state index contributed by atoms with van der Waals surface area (Å²) in [6, 6.07) is 20.4. The van der Waals surface area contributed by atoms with Crippen LogP contribution in [0, 0.1) is 0 Å². The summed E-state index contributed by atoms with van der Waals surface area (Å²) in [5.41, 5.74) is 2.28. The molecule has 4 nitrogen and oxygen atoms in total. The van der Waals surface area contributed by atoms with Crippen LogP contribution >= 0.6 is 11.5 Å². The zero-order valence-electron chi connectivity index (χ0n) is 14.0. The third-order valence-corrected chi connectivity index (χ3v) is 5.96. The Morgan fingerprint density at radius 3 is 2.50 bits per heavy atom. The Balaban J connectivity index is 1.52. The van der Waals surface area contributed by atoms with Crippen LogP contribution in [-0.4, -0.2) is 27.2 Å². The number of hydrogen-bond acceptors (Lipinski definition) is 5. The molecule has 3 aromatic rings. The van der Waals surface area contributed by atoms with Gasteiger partial charge in [0.15, 0.2) is 11.6 Å². The van der Waals surface area contributed by atoms with E-state index in [1.807, 2.05) is 42.5 Å². The number of hydrogen-bond donors (Lipinski definition) is 0. The van der Waals surface area contributed by atoms with Crippen LogP contribution < -0.4 is 4.90 Å². The van der Waals surface area contributed by atoms with E-state index in [0.29, 0.717) is 5.92 Å². The van der Waals surface area contributed by atoms with Crippen LogP contribution in [0.2, 0.25) is 0 Å². The molecule has 0 unspecified atom stereocenters. The van der Waals surface area contributed by atoms with Gasteiger partial charge >= 0.3 is 0 Å². The molecule has 1 saturated heterocycles. The zero-order chi connectivity index (χ0) is 17.5. The average Bonchev–Trinajstić information content (AvgIpc) is 3.28. The van der Waals surface area contributed by atoms with Crippen LogP contribution in [0.5, 0.6) is 0 Å². The second-order valence-electron chi connectivity index (χ2n) is 6.69. The Bertz CT molecular complexity index is 967. The third-order valence-electron chi connectivity index (χ3n) is 5.23. The molecule has 0 spiro atoms. The first-order chi connectivity index (χ1) is 12.8. The number of ketones is 1. The number of carbonyl (C=O) groups excluding carboxylic acids is 1. The summed E-state index contributed by atoms with van der Waals surface area (Å²) in [5.74, 6) is 1.19. The van der Waals surface area contributed by atoms with E-state index in [1.165, 1.54) is 17.1 Å². The van der Waals surface area contributed by atoms with Crippen molar-refractivity contribution in [2.75, 3.05) is 4.90 Å². The lowest BCUT2D eigenvalue weighted by molar-refractivity contribution is -0.115. The Hall–Kier alpha value is -2.79. The van der Waals surface area contributed by atoms with Crippen molar-refractivity contribution in [3.05, 3.63) is 78.4 Å². The van der Waals surface area contributed by atoms with Crippen LogP contribution in [0.25, 0.3) is 11.4 Å². The Morgan fingerprint density at radius 1 is 1.00 bits per heavy atom. The van der Waals surface area contributed by atoms with Crippen molar-refractivity contribution in [1.29, 1.82) is 0 Å². The molecule has 26 heavy (non-hydrogen) atoms.